The number of hydrogen-bond acceptors (Lipinski definition) is 3. The van der Waals surface area contributed by atoms with Gasteiger partial charge in [0, 0.05) is 31.9 Å². The molecule has 2 fully saturated rings. The van der Waals surface area contributed by atoms with Gasteiger partial charge in [-0.2, -0.15) is 0 Å². The zero-order chi connectivity index (χ0) is 17.2. The molecule has 0 aromatic heterocycles. The number of hydrogen-bond donors (Lipinski definition) is 1. The van der Waals surface area contributed by atoms with Crippen LogP contribution in [0.15, 0.2) is 24.3 Å². The van der Waals surface area contributed by atoms with E-state index >= 15 is 0 Å². The maximum atomic E-state index is 13.0. The Labute approximate surface area is 151 Å². The van der Waals surface area contributed by atoms with E-state index in [2.05, 4.69) is 5.32 Å². The highest BCUT2D eigenvalue weighted by Crippen LogP contribution is 2.44. The van der Waals surface area contributed by atoms with Crippen LogP contribution < -0.4 is 5.32 Å². The van der Waals surface area contributed by atoms with Crippen molar-refractivity contribution in [1.82, 2.24) is 15.1 Å². The van der Waals surface area contributed by atoms with E-state index in [1.165, 1.54) is 0 Å². The lowest BCUT2D eigenvalue weighted by molar-refractivity contribution is 0.0581. The highest BCUT2D eigenvalue weighted by molar-refractivity contribution is 8.00. The highest BCUT2D eigenvalue weighted by Gasteiger charge is 2.47. The second-order valence-corrected chi connectivity index (χ2v) is 7.92. The smallest absolute Gasteiger partial charge is 0.317 e. The van der Waals surface area contributed by atoms with E-state index in [9.17, 15) is 9.59 Å². The van der Waals surface area contributed by atoms with Crippen molar-refractivity contribution in [2.45, 2.75) is 24.6 Å². The maximum Gasteiger partial charge on any atom is 0.317 e. The minimum Gasteiger partial charge on any atom is -0.338 e. The Morgan fingerprint density at radius 1 is 1.25 bits per heavy atom. The van der Waals surface area contributed by atoms with E-state index in [0.717, 1.165) is 25.1 Å². The largest absolute Gasteiger partial charge is 0.338 e. The lowest BCUT2D eigenvalue weighted by atomic mass is 10.0. The van der Waals surface area contributed by atoms with Gasteiger partial charge < -0.3 is 15.1 Å². The molecule has 1 N–H and O–H groups in total. The van der Waals surface area contributed by atoms with Crippen molar-refractivity contribution in [3.63, 3.8) is 0 Å². The molecule has 2 aliphatic heterocycles. The van der Waals surface area contributed by atoms with Gasteiger partial charge in [0.15, 0.2) is 0 Å². The molecule has 0 unspecified atom stereocenters. The van der Waals surface area contributed by atoms with E-state index in [4.69, 9.17) is 11.6 Å². The van der Waals surface area contributed by atoms with Gasteiger partial charge in [-0.25, -0.2) is 4.79 Å². The molecular formula is C17H22ClN3O2S. The van der Waals surface area contributed by atoms with Crippen LogP contribution in [0.25, 0.3) is 0 Å². The minimum absolute atomic E-state index is 0.00272. The van der Waals surface area contributed by atoms with E-state index in [1.54, 1.807) is 12.1 Å². The van der Waals surface area contributed by atoms with Gasteiger partial charge >= 0.3 is 6.03 Å². The standard InChI is InChI=1S/C17H22ClN3O2S/c1-2-19-16(23)20-9-7-17(8-10-20)21(11-12-24-17)15(22)13-5-3-4-6-14(13)18/h3-6H,2,7-12H2,1H3,(H,19,23). The molecular weight excluding hydrogens is 346 g/mol. The summed E-state index contributed by atoms with van der Waals surface area (Å²) >= 11 is 8.04. The molecule has 5 nitrogen and oxygen atoms in total. The van der Waals surface area contributed by atoms with Gasteiger partial charge in [0.25, 0.3) is 5.91 Å². The first-order valence-corrected chi connectivity index (χ1v) is 9.67. The topological polar surface area (TPSA) is 52.7 Å². The summed E-state index contributed by atoms with van der Waals surface area (Å²) in [7, 11) is 0. The molecule has 1 spiro atoms. The average Bonchev–Trinajstić information content (AvgIpc) is 2.98. The summed E-state index contributed by atoms with van der Waals surface area (Å²) in [5.74, 6) is 0.925. The molecule has 24 heavy (non-hydrogen) atoms. The first-order valence-electron chi connectivity index (χ1n) is 8.30. The zero-order valence-corrected chi connectivity index (χ0v) is 15.3. The molecule has 2 heterocycles. The van der Waals surface area contributed by atoms with Crippen molar-refractivity contribution in [1.29, 1.82) is 0 Å². The van der Waals surface area contributed by atoms with Crippen LogP contribution in [0.1, 0.15) is 30.1 Å². The Morgan fingerprint density at radius 2 is 1.96 bits per heavy atom. The number of halogens is 1. The van der Waals surface area contributed by atoms with Crippen molar-refractivity contribution in [3.05, 3.63) is 34.9 Å². The first-order chi connectivity index (χ1) is 11.6. The highest BCUT2D eigenvalue weighted by atomic mass is 35.5. The number of piperidine rings is 1. The van der Waals surface area contributed by atoms with Crippen molar-refractivity contribution in [2.75, 3.05) is 31.9 Å². The third-order valence-corrected chi connectivity index (χ3v) is 6.57. The van der Waals surface area contributed by atoms with E-state index in [0.29, 0.717) is 30.2 Å². The molecule has 0 atom stereocenters. The van der Waals surface area contributed by atoms with Crippen molar-refractivity contribution < 1.29 is 9.59 Å². The number of thioether (sulfide) groups is 1. The molecule has 130 valence electrons. The number of benzene rings is 1. The first kappa shape index (κ1) is 17.4. The summed E-state index contributed by atoms with van der Waals surface area (Å²) in [6.07, 6.45) is 1.59. The number of urea groups is 1. The fourth-order valence-electron chi connectivity index (χ4n) is 3.41. The van der Waals surface area contributed by atoms with Crippen LogP contribution in [-0.2, 0) is 0 Å². The van der Waals surface area contributed by atoms with E-state index in [1.807, 2.05) is 40.6 Å². The molecule has 3 amide bonds. The van der Waals surface area contributed by atoms with Crippen LogP contribution in [0.4, 0.5) is 4.79 Å². The molecule has 1 aromatic carbocycles. The third kappa shape index (κ3) is 3.22. The number of likely N-dealkylation sites (tertiary alicyclic amines) is 1. The monoisotopic (exact) mass is 367 g/mol. The molecule has 0 radical (unpaired) electrons. The minimum atomic E-state index is -0.209. The van der Waals surface area contributed by atoms with Crippen LogP contribution in [0.5, 0.6) is 0 Å². The Morgan fingerprint density at radius 3 is 2.62 bits per heavy atom. The summed E-state index contributed by atoms with van der Waals surface area (Å²) in [6.45, 7) is 4.62. The second kappa shape index (κ2) is 7.23. The number of amides is 3. The predicted octanol–water partition coefficient (Wildman–Crippen LogP) is 3.05. The number of nitrogens with zero attached hydrogens (tertiary/aromatic N) is 2. The fourth-order valence-corrected chi connectivity index (χ4v) is 5.08. The third-order valence-electron chi connectivity index (χ3n) is 4.69. The maximum absolute atomic E-state index is 13.0. The lowest BCUT2D eigenvalue weighted by Gasteiger charge is -2.44. The van der Waals surface area contributed by atoms with Gasteiger partial charge in [-0.05, 0) is 31.9 Å². The molecule has 3 rings (SSSR count). The lowest BCUT2D eigenvalue weighted by Crippen LogP contribution is -2.55. The summed E-state index contributed by atoms with van der Waals surface area (Å²) in [4.78, 5) is 28.6. The Balaban J connectivity index is 1.73. The number of nitrogens with one attached hydrogen (secondary N) is 1. The predicted molar refractivity (Wildman–Crippen MR) is 97.6 cm³/mol. The molecule has 2 aliphatic rings. The molecule has 0 aliphatic carbocycles. The van der Waals surface area contributed by atoms with Gasteiger partial charge in [0.2, 0.25) is 0 Å². The Kier molecular flexibility index (Phi) is 5.25. The van der Waals surface area contributed by atoms with E-state index < -0.39 is 0 Å². The number of carbonyl (C=O) groups is 2. The van der Waals surface area contributed by atoms with Crippen molar-refractivity contribution in [3.8, 4) is 0 Å². The Bertz CT molecular complexity index is 632. The van der Waals surface area contributed by atoms with Crippen molar-refractivity contribution >= 4 is 35.3 Å². The van der Waals surface area contributed by atoms with Crippen LogP contribution in [0, 0.1) is 0 Å². The summed E-state index contributed by atoms with van der Waals surface area (Å²) in [5.41, 5.74) is 0.562. The fraction of sp³-hybridized carbons (Fsp3) is 0.529. The SMILES string of the molecule is CCNC(=O)N1CCC2(CC1)SCCN2C(=O)c1ccccc1Cl. The normalized spacial score (nSPS) is 19.6. The molecule has 1 aromatic rings. The number of carbonyl (C=O) groups excluding carboxylic acids is 2. The molecule has 0 saturated carbocycles. The van der Waals surface area contributed by atoms with Crippen molar-refractivity contribution in [2.24, 2.45) is 0 Å². The summed E-state index contributed by atoms with van der Waals surface area (Å²) < 4.78 is 0. The van der Waals surface area contributed by atoms with Crippen LogP contribution in [0.3, 0.4) is 0 Å². The van der Waals surface area contributed by atoms with Gasteiger partial charge in [-0.3, -0.25) is 4.79 Å². The molecule has 0 bridgehead atoms. The van der Waals surface area contributed by atoms with Crippen LogP contribution >= 0.6 is 23.4 Å². The molecule has 2 saturated heterocycles. The zero-order valence-electron chi connectivity index (χ0n) is 13.8. The number of rotatable bonds is 2. The average molecular weight is 368 g/mol. The molecule has 7 heteroatoms. The van der Waals surface area contributed by atoms with Crippen LogP contribution in [-0.4, -0.2) is 58.5 Å². The van der Waals surface area contributed by atoms with Gasteiger partial charge in [-0.15, -0.1) is 11.8 Å². The van der Waals surface area contributed by atoms with Gasteiger partial charge in [-0.1, -0.05) is 23.7 Å². The second-order valence-electron chi connectivity index (χ2n) is 6.05. The summed E-state index contributed by atoms with van der Waals surface area (Å²) in [6, 6.07) is 7.19. The van der Waals surface area contributed by atoms with Gasteiger partial charge in [0.1, 0.15) is 0 Å². The quantitative estimate of drug-likeness (QED) is 0.874. The van der Waals surface area contributed by atoms with Crippen LogP contribution in [0.2, 0.25) is 5.02 Å². The summed E-state index contributed by atoms with van der Waals surface area (Å²) in [5, 5.41) is 3.34. The van der Waals surface area contributed by atoms with E-state index in [-0.39, 0.29) is 16.8 Å². The van der Waals surface area contributed by atoms with Gasteiger partial charge in [0.05, 0.1) is 15.5 Å². The Hall–Kier alpha value is -1.40.